The average Bonchev–Trinajstić information content (AvgIpc) is 3.71. The zero-order valence-electron chi connectivity index (χ0n) is 30.9. The van der Waals surface area contributed by atoms with E-state index < -0.39 is 23.8 Å². The molecule has 0 spiro atoms. The molecular formula is C42H44ClN7O5. The molecular weight excluding hydrogens is 718 g/mol. The first-order chi connectivity index (χ1) is 26.6. The van der Waals surface area contributed by atoms with Gasteiger partial charge in [-0.25, -0.2) is 0 Å². The summed E-state index contributed by atoms with van der Waals surface area (Å²) in [4.78, 5) is 72.0. The van der Waals surface area contributed by atoms with Gasteiger partial charge >= 0.3 is 0 Å². The monoisotopic (exact) mass is 761 g/mol. The molecule has 5 amide bonds. The van der Waals surface area contributed by atoms with Gasteiger partial charge in [-0.3, -0.25) is 44.0 Å². The highest BCUT2D eigenvalue weighted by Gasteiger charge is 2.45. The predicted octanol–water partition coefficient (Wildman–Crippen LogP) is 4.77. The SMILES string of the molecule is CN(c1ccc(C#N)c(Cl)c1)[C@H]1CC[C@H](NC(=O)c2ccc(CN3CCC(N4Cc5cc6c(cc5C4)C(=O)N([C@H]4CCC(=O)NC4=O)C6=O)CC3)cc2)CC1. The van der Waals surface area contributed by atoms with E-state index in [0.29, 0.717) is 52.4 Å². The maximum atomic E-state index is 13.3. The molecule has 1 aliphatic carbocycles. The lowest BCUT2D eigenvalue weighted by molar-refractivity contribution is -0.136. The number of rotatable bonds is 8. The number of carbonyl (C=O) groups excluding carboxylic acids is 5. The lowest BCUT2D eigenvalue weighted by Crippen LogP contribution is -2.54. The van der Waals surface area contributed by atoms with Crippen LogP contribution in [0.1, 0.15) is 105 Å². The Balaban J connectivity index is 0.784. The van der Waals surface area contributed by atoms with Crippen molar-refractivity contribution in [2.24, 2.45) is 0 Å². The summed E-state index contributed by atoms with van der Waals surface area (Å²) in [5.74, 6) is -1.96. The molecule has 55 heavy (non-hydrogen) atoms. The molecule has 1 saturated carbocycles. The first kappa shape index (κ1) is 36.9. The fraction of sp³-hybridized carbons (Fsp3) is 0.429. The van der Waals surface area contributed by atoms with Crippen LogP contribution >= 0.6 is 11.6 Å². The zero-order chi connectivity index (χ0) is 38.4. The van der Waals surface area contributed by atoms with Gasteiger partial charge in [0.05, 0.1) is 21.7 Å². The Labute approximate surface area is 325 Å². The summed E-state index contributed by atoms with van der Waals surface area (Å²) in [5, 5.41) is 15.1. The van der Waals surface area contributed by atoms with Crippen molar-refractivity contribution in [1.29, 1.82) is 5.26 Å². The maximum Gasteiger partial charge on any atom is 0.262 e. The van der Waals surface area contributed by atoms with E-state index in [2.05, 4.69) is 50.6 Å². The number of benzene rings is 3. The second kappa shape index (κ2) is 15.2. The van der Waals surface area contributed by atoms with E-state index >= 15 is 0 Å². The minimum atomic E-state index is -0.960. The van der Waals surface area contributed by atoms with Crippen molar-refractivity contribution in [3.8, 4) is 6.07 Å². The van der Waals surface area contributed by atoms with E-state index in [-0.39, 0.29) is 30.7 Å². The van der Waals surface area contributed by atoms with Crippen molar-refractivity contribution in [1.82, 2.24) is 25.3 Å². The van der Waals surface area contributed by atoms with Crippen LogP contribution in [0.25, 0.3) is 0 Å². The number of likely N-dealkylation sites (tertiary alicyclic amines) is 1. The molecule has 13 heteroatoms. The molecule has 0 bridgehead atoms. The van der Waals surface area contributed by atoms with E-state index in [0.717, 1.165) is 79.9 Å². The number of hydrogen-bond acceptors (Lipinski definition) is 9. The van der Waals surface area contributed by atoms with Crippen LogP contribution in [0.2, 0.25) is 5.02 Å². The van der Waals surface area contributed by atoms with Crippen LogP contribution in [0.5, 0.6) is 0 Å². The molecule has 0 aromatic heterocycles. The number of halogens is 1. The standard InChI is InChI=1S/C42H44ClN7O5/c1-47(33-9-6-27(21-44)36(43)20-33)31-10-7-30(8-11-31)45-39(52)26-4-2-25(3-5-26)22-48-16-14-32(15-17-48)49-23-28-18-34-35(19-29(28)24-49)42(55)50(41(34)54)37-12-13-38(51)46-40(37)53/h2-6,9,18-20,30-32,37H,7-8,10-17,22-24H2,1H3,(H,45,52)(H,46,51,53)/t30-,31-,37-/m0/s1. The van der Waals surface area contributed by atoms with E-state index in [4.69, 9.17) is 11.6 Å². The number of amides is 5. The number of anilines is 1. The second-order valence-electron chi connectivity index (χ2n) is 15.6. The molecule has 3 aromatic rings. The zero-order valence-corrected chi connectivity index (χ0v) is 31.6. The van der Waals surface area contributed by atoms with Crippen LogP contribution in [-0.4, -0.2) is 88.5 Å². The number of imide groups is 2. The van der Waals surface area contributed by atoms with Gasteiger partial charge in [0.15, 0.2) is 0 Å². The fourth-order valence-corrected chi connectivity index (χ4v) is 9.23. The van der Waals surface area contributed by atoms with E-state index in [1.54, 1.807) is 6.07 Å². The summed E-state index contributed by atoms with van der Waals surface area (Å²) in [6.07, 6.45) is 5.97. The second-order valence-corrected chi connectivity index (χ2v) is 16.0. The van der Waals surface area contributed by atoms with Gasteiger partial charge in [-0.1, -0.05) is 23.7 Å². The lowest BCUT2D eigenvalue weighted by atomic mass is 9.90. The van der Waals surface area contributed by atoms with Crippen molar-refractivity contribution in [2.75, 3.05) is 25.0 Å². The molecule has 4 aliphatic heterocycles. The van der Waals surface area contributed by atoms with Gasteiger partial charge in [-0.05, 0) is 117 Å². The molecule has 4 heterocycles. The van der Waals surface area contributed by atoms with Crippen LogP contribution in [-0.2, 0) is 29.2 Å². The summed E-state index contributed by atoms with van der Waals surface area (Å²) in [6, 6.07) is 19.2. The Kier molecular flexibility index (Phi) is 10.2. The molecule has 0 unspecified atom stereocenters. The highest BCUT2D eigenvalue weighted by Crippen LogP contribution is 2.36. The van der Waals surface area contributed by atoms with Crippen molar-refractivity contribution >= 4 is 46.8 Å². The van der Waals surface area contributed by atoms with Crippen molar-refractivity contribution < 1.29 is 24.0 Å². The summed E-state index contributed by atoms with van der Waals surface area (Å²) >= 11 is 6.26. The van der Waals surface area contributed by atoms with E-state index in [1.165, 1.54) is 5.56 Å². The quantitative estimate of drug-likeness (QED) is 0.310. The van der Waals surface area contributed by atoms with Gasteiger partial charge in [-0.2, -0.15) is 5.26 Å². The number of nitrogens with zero attached hydrogens (tertiary/aromatic N) is 5. The molecule has 2 saturated heterocycles. The molecule has 0 radical (unpaired) electrons. The van der Waals surface area contributed by atoms with Gasteiger partial charge in [0, 0.05) is 62.5 Å². The Morgan fingerprint density at radius 3 is 2.15 bits per heavy atom. The van der Waals surface area contributed by atoms with Gasteiger partial charge < -0.3 is 10.2 Å². The summed E-state index contributed by atoms with van der Waals surface area (Å²) < 4.78 is 0. The lowest BCUT2D eigenvalue weighted by Gasteiger charge is -2.36. The topological polar surface area (TPSA) is 146 Å². The first-order valence-corrected chi connectivity index (χ1v) is 19.6. The molecule has 284 valence electrons. The molecule has 12 nitrogen and oxygen atoms in total. The van der Waals surface area contributed by atoms with Gasteiger partial charge in [0.1, 0.15) is 12.1 Å². The number of piperidine rings is 2. The molecule has 2 N–H and O–H groups in total. The van der Waals surface area contributed by atoms with Crippen molar-refractivity contribution in [3.05, 3.63) is 98.6 Å². The van der Waals surface area contributed by atoms with Gasteiger partial charge in [0.2, 0.25) is 11.8 Å². The predicted molar refractivity (Wildman–Crippen MR) is 205 cm³/mol. The Morgan fingerprint density at radius 1 is 0.891 bits per heavy atom. The minimum absolute atomic E-state index is 0.0414. The molecule has 3 aromatic carbocycles. The average molecular weight is 762 g/mol. The number of fused-ring (bicyclic) bond motifs is 2. The number of carbonyl (C=O) groups is 5. The summed E-state index contributed by atoms with van der Waals surface area (Å²) in [6.45, 7) is 4.14. The van der Waals surface area contributed by atoms with Gasteiger partial charge in [0.25, 0.3) is 17.7 Å². The van der Waals surface area contributed by atoms with Crippen LogP contribution < -0.4 is 15.5 Å². The van der Waals surface area contributed by atoms with Crippen LogP contribution in [0.4, 0.5) is 5.69 Å². The summed E-state index contributed by atoms with van der Waals surface area (Å²) in [7, 11) is 2.06. The highest BCUT2D eigenvalue weighted by molar-refractivity contribution is 6.32. The third-order valence-electron chi connectivity index (χ3n) is 12.3. The Hall–Kier alpha value is -5.09. The molecule has 3 fully saturated rings. The van der Waals surface area contributed by atoms with Crippen LogP contribution in [0.3, 0.4) is 0 Å². The maximum absolute atomic E-state index is 13.3. The highest BCUT2D eigenvalue weighted by atomic mass is 35.5. The smallest absolute Gasteiger partial charge is 0.262 e. The number of nitrogens with one attached hydrogen (secondary N) is 2. The van der Waals surface area contributed by atoms with E-state index in [1.807, 2.05) is 36.4 Å². The molecule has 5 aliphatic rings. The van der Waals surface area contributed by atoms with Crippen LogP contribution in [0.15, 0.2) is 54.6 Å². The third-order valence-corrected chi connectivity index (χ3v) is 12.6. The van der Waals surface area contributed by atoms with Gasteiger partial charge in [-0.15, -0.1) is 0 Å². The Morgan fingerprint density at radius 2 is 1.55 bits per heavy atom. The minimum Gasteiger partial charge on any atom is -0.372 e. The molecule has 1 atom stereocenters. The van der Waals surface area contributed by atoms with Crippen molar-refractivity contribution in [3.63, 3.8) is 0 Å². The summed E-state index contributed by atoms with van der Waals surface area (Å²) in [5.41, 5.74) is 6.07. The number of nitriles is 1. The van der Waals surface area contributed by atoms with E-state index in [9.17, 15) is 29.2 Å². The largest absolute Gasteiger partial charge is 0.372 e. The first-order valence-electron chi connectivity index (χ1n) is 19.2. The normalized spacial score (nSPS) is 23.3. The Bertz CT molecular complexity index is 2050. The number of hydrogen-bond donors (Lipinski definition) is 2. The molecule has 8 rings (SSSR count). The van der Waals surface area contributed by atoms with Crippen LogP contribution in [0, 0.1) is 11.3 Å². The fourth-order valence-electron chi connectivity index (χ4n) is 9.02. The van der Waals surface area contributed by atoms with Crippen molar-refractivity contribution in [2.45, 2.75) is 95.2 Å². The third kappa shape index (κ3) is 7.36.